The van der Waals surface area contributed by atoms with Crippen LogP contribution in [0.4, 0.5) is 0 Å². The van der Waals surface area contributed by atoms with Crippen molar-refractivity contribution in [2.75, 3.05) is 46.4 Å². The van der Waals surface area contributed by atoms with E-state index in [1.807, 2.05) is 27.8 Å². The molecule has 0 amide bonds. The zero-order valence-corrected chi connectivity index (χ0v) is 21.7. The van der Waals surface area contributed by atoms with Gasteiger partial charge in [-0.1, -0.05) is 0 Å². The van der Waals surface area contributed by atoms with Gasteiger partial charge in [0, 0.05) is 26.7 Å². The molecule has 0 atom stereocenters. The fourth-order valence-electron chi connectivity index (χ4n) is 4.30. The Labute approximate surface area is 203 Å². The Balaban J connectivity index is 0.00000341. The molecule has 0 unspecified atom stereocenters. The number of nitrogens with zero attached hydrogens (tertiary/aromatic N) is 4. The van der Waals surface area contributed by atoms with Crippen LogP contribution in [-0.4, -0.2) is 73.1 Å². The third kappa shape index (κ3) is 7.34. The van der Waals surface area contributed by atoms with Crippen LogP contribution in [0.3, 0.4) is 0 Å². The average Bonchev–Trinajstić information content (AvgIpc) is 3.07. The first-order chi connectivity index (χ1) is 14.5. The Morgan fingerprint density at radius 3 is 2.42 bits per heavy atom. The molecular weight excluding hydrogens is 509 g/mol. The molecule has 0 saturated carbocycles. The van der Waals surface area contributed by atoms with Crippen molar-refractivity contribution in [1.82, 2.24) is 20.1 Å². The van der Waals surface area contributed by atoms with E-state index in [4.69, 9.17) is 9.15 Å². The quantitative estimate of drug-likeness (QED) is 0.254. The van der Waals surface area contributed by atoms with Crippen molar-refractivity contribution in [3.05, 3.63) is 17.3 Å². The number of hydrogen-bond acceptors (Lipinski definition) is 6. The molecule has 0 aromatic carbocycles. The molecule has 0 bridgehead atoms. The molecule has 0 radical (unpaired) electrons. The molecule has 31 heavy (non-hydrogen) atoms. The molecule has 2 saturated heterocycles. The molecule has 176 valence electrons. The largest absolute Gasteiger partial charge is 0.466 e. The summed E-state index contributed by atoms with van der Waals surface area (Å²) in [5, 5.41) is 3.56. The first-order valence-electron chi connectivity index (χ1n) is 11.3. The van der Waals surface area contributed by atoms with Crippen LogP contribution in [0.5, 0.6) is 0 Å². The number of aryl methyl sites for hydroxylation is 2. The van der Waals surface area contributed by atoms with Gasteiger partial charge < -0.3 is 19.4 Å². The minimum atomic E-state index is -0.0538. The first-order valence-corrected chi connectivity index (χ1v) is 11.3. The number of guanidine groups is 1. The molecule has 2 fully saturated rings. The van der Waals surface area contributed by atoms with Gasteiger partial charge in [0.25, 0.3) is 0 Å². The third-order valence-corrected chi connectivity index (χ3v) is 6.31. The highest BCUT2D eigenvalue weighted by molar-refractivity contribution is 14.0. The summed E-state index contributed by atoms with van der Waals surface area (Å²) in [6.07, 6.45) is 3.98. The summed E-state index contributed by atoms with van der Waals surface area (Å²) in [5.74, 6) is 3.31. The number of nitrogens with one attached hydrogen (secondary N) is 1. The van der Waals surface area contributed by atoms with Crippen molar-refractivity contribution in [3.63, 3.8) is 0 Å². The van der Waals surface area contributed by atoms with E-state index >= 15 is 0 Å². The first kappa shape index (κ1) is 25.9. The number of aromatic nitrogens is 1. The fourth-order valence-corrected chi connectivity index (χ4v) is 4.30. The lowest BCUT2D eigenvalue weighted by Gasteiger charge is -2.35. The highest BCUT2D eigenvalue weighted by Gasteiger charge is 2.28. The lowest BCUT2D eigenvalue weighted by molar-refractivity contribution is -0.149. The van der Waals surface area contributed by atoms with E-state index < -0.39 is 0 Å². The standard InChI is InChI=1S/C22H37N5O3.HI/c1-5-29-21(28)19-8-12-27(13-9-19)22(23-4)24-14-18-6-10-26(11-7-18)15-20-25-16(2)17(3)30-20;/h18-19H,5-15H2,1-4H3,(H,23,24);1H. The van der Waals surface area contributed by atoms with E-state index in [2.05, 4.69) is 25.1 Å². The molecule has 1 aromatic rings. The highest BCUT2D eigenvalue weighted by Crippen LogP contribution is 2.21. The predicted molar refractivity (Wildman–Crippen MR) is 132 cm³/mol. The molecule has 9 heteroatoms. The number of esters is 1. The van der Waals surface area contributed by atoms with E-state index in [9.17, 15) is 4.79 Å². The fraction of sp³-hybridized carbons (Fsp3) is 0.773. The zero-order valence-electron chi connectivity index (χ0n) is 19.4. The molecular formula is C22H38IN5O3. The Kier molecular flexibility index (Phi) is 10.5. The van der Waals surface area contributed by atoms with Gasteiger partial charge in [0.15, 0.2) is 5.96 Å². The second-order valence-corrected chi connectivity index (χ2v) is 8.41. The van der Waals surface area contributed by atoms with Crippen LogP contribution >= 0.6 is 24.0 Å². The molecule has 1 N–H and O–H groups in total. The molecule has 1 aromatic heterocycles. The molecule has 2 aliphatic heterocycles. The molecule has 3 rings (SSSR count). The van der Waals surface area contributed by atoms with E-state index in [-0.39, 0.29) is 35.9 Å². The van der Waals surface area contributed by atoms with E-state index in [0.29, 0.717) is 12.5 Å². The Morgan fingerprint density at radius 2 is 1.87 bits per heavy atom. The molecule has 0 aliphatic carbocycles. The third-order valence-electron chi connectivity index (χ3n) is 6.31. The number of likely N-dealkylation sites (tertiary alicyclic amines) is 2. The van der Waals surface area contributed by atoms with Gasteiger partial charge in [-0.2, -0.15) is 0 Å². The van der Waals surface area contributed by atoms with Gasteiger partial charge in [-0.15, -0.1) is 24.0 Å². The van der Waals surface area contributed by atoms with Crippen molar-refractivity contribution in [3.8, 4) is 0 Å². The minimum Gasteiger partial charge on any atom is -0.466 e. The number of halogens is 1. The van der Waals surface area contributed by atoms with Crippen molar-refractivity contribution in [2.24, 2.45) is 16.8 Å². The van der Waals surface area contributed by atoms with Crippen LogP contribution < -0.4 is 5.32 Å². The van der Waals surface area contributed by atoms with Crippen molar-refractivity contribution in [2.45, 2.75) is 53.0 Å². The Hall–Kier alpha value is -1.36. The van der Waals surface area contributed by atoms with Gasteiger partial charge in [-0.3, -0.25) is 14.7 Å². The topological polar surface area (TPSA) is 83.2 Å². The van der Waals surface area contributed by atoms with E-state index in [1.165, 1.54) is 0 Å². The molecule has 8 nitrogen and oxygen atoms in total. The zero-order chi connectivity index (χ0) is 21.5. The maximum Gasteiger partial charge on any atom is 0.309 e. The smallest absolute Gasteiger partial charge is 0.309 e. The maximum absolute atomic E-state index is 11.9. The molecule has 0 spiro atoms. The van der Waals surface area contributed by atoms with Gasteiger partial charge in [0.1, 0.15) is 5.76 Å². The van der Waals surface area contributed by atoms with Gasteiger partial charge >= 0.3 is 5.97 Å². The minimum absolute atomic E-state index is 0. The van der Waals surface area contributed by atoms with Crippen LogP contribution in [0.2, 0.25) is 0 Å². The maximum atomic E-state index is 11.9. The number of rotatable bonds is 6. The van der Waals surface area contributed by atoms with Crippen LogP contribution in [0.15, 0.2) is 9.41 Å². The SMILES string of the molecule is CCOC(=O)C1CCN(C(=NC)NCC2CCN(Cc3nc(C)c(C)o3)CC2)CC1.I. The summed E-state index contributed by atoms with van der Waals surface area (Å²) in [6.45, 7) is 11.8. The second-order valence-electron chi connectivity index (χ2n) is 8.41. The highest BCUT2D eigenvalue weighted by atomic mass is 127. The lowest BCUT2D eigenvalue weighted by Crippen LogP contribution is -2.48. The number of oxazole rings is 1. The Bertz CT molecular complexity index is 703. The number of ether oxygens (including phenoxy) is 1. The van der Waals surface area contributed by atoms with Gasteiger partial charge in [0.2, 0.25) is 5.89 Å². The van der Waals surface area contributed by atoms with Crippen LogP contribution in [-0.2, 0) is 16.1 Å². The number of carbonyl (C=O) groups is 1. The lowest BCUT2D eigenvalue weighted by atomic mass is 9.96. The van der Waals surface area contributed by atoms with Gasteiger partial charge in [-0.25, -0.2) is 4.98 Å². The van der Waals surface area contributed by atoms with Crippen molar-refractivity contribution in [1.29, 1.82) is 0 Å². The van der Waals surface area contributed by atoms with E-state index in [1.54, 1.807) is 0 Å². The predicted octanol–water partition coefficient (Wildman–Crippen LogP) is 2.97. The van der Waals surface area contributed by atoms with Crippen molar-refractivity contribution >= 4 is 35.9 Å². The summed E-state index contributed by atoms with van der Waals surface area (Å²) < 4.78 is 10.9. The Morgan fingerprint density at radius 1 is 1.19 bits per heavy atom. The summed E-state index contributed by atoms with van der Waals surface area (Å²) in [6, 6.07) is 0. The number of hydrogen-bond donors (Lipinski definition) is 1. The van der Waals surface area contributed by atoms with E-state index in [0.717, 1.165) is 88.3 Å². The monoisotopic (exact) mass is 547 g/mol. The summed E-state index contributed by atoms with van der Waals surface area (Å²) >= 11 is 0. The van der Waals surface area contributed by atoms with Crippen LogP contribution in [0.1, 0.15) is 50.0 Å². The van der Waals surface area contributed by atoms with Crippen LogP contribution in [0, 0.1) is 25.7 Å². The average molecular weight is 547 g/mol. The van der Waals surface area contributed by atoms with Gasteiger partial charge in [0.05, 0.1) is 24.8 Å². The molecule has 3 heterocycles. The summed E-state index contributed by atoms with van der Waals surface area (Å²) in [4.78, 5) is 25.6. The van der Waals surface area contributed by atoms with Crippen LogP contribution in [0.25, 0.3) is 0 Å². The number of piperidine rings is 2. The number of carbonyl (C=O) groups excluding carboxylic acids is 1. The van der Waals surface area contributed by atoms with Gasteiger partial charge in [-0.05, 0) is 65.5 Å². The normalized spacial score (nSPS) is 19.2. The second kappa shape index (κ2) is 12.6. The number of aliphatic imine (C=N–C) groups is 1. The summed E-state index contributed by atoms with van der Waals surface area (Å²) in [7, 11) is 1.84. The summed E-state index contributed by atoms with van der Waals surface area (Å²) in [5.41, 5.74) is 0.988. The van der Waals surface area contributed by atoms with Crippen molar-refractivity contribution < 1.29 is 13.9 Å². The molecule has 2 aliphatic rings.